The molecule has 0 aliphatic rings. The summed E-state index contributed by atoms with van der Waals surface area (Å²) in [6, 6.07) is 0. The zero-order valence-corrected chi connectivity index (χ0v) is 23.2. The predicted molar refractivity (Wildman–Crippen MR) is 147 cm³/mol. The van der Waals surface area contributed by atoms with Gasteiger partial charge >= 0.3 is 0 Å². The van der Waals surface area contributed by atoms with Crippen LogP contribution in [0.4, 0.5) is 0 Å². The summed E-state index contributed by atoms with van der Waals surface area (Å²) in [5, 5.41) is 0. The number of imidazole rings is 1. The second-order valence-corrected chi connectivity index (χ2v) is 10.6. The number of rotatable bonds is 25. The van der Waals surface area contributed by atoms with Crippen molar-refractivity contribution < 1.29 is 4.57 Å². The van der Waals surface area contributed by atoms with Crippen molar-refractivity contribution in [2.45, 2.75) is 182 Å². The largest absolute Gasteiger partial charge is 0.256 e. The molecule has 0 bridgehead atoms. The van der Waals surface area contributed by atoms with E-state index in [2.05, 4.69) is 42.3 Å². The van der Waals surface area contributed by atoms with Crippen molar-refractivity contribution in [2.24, 2.45) is 0 Å². The lowest BCUT2D eigenvalue weighted by Crippen LogP contribution is -2.37. The molecule has 0 aliphatic carbocycles. The minimum absolute atomic E-state index is 1.23. The van der Waals surface area contributed by atoms with Gasteiger partial charge in [0, 0.05) is 6.42 Å². The first-order chi connectivity index (χ1) is 16.3. The van der Waals surface area contributed by atoms with E-state index in [4.69, 9.17) is 0 Å². The average Bonchev–Trinajstić information content (AvgIpc) is 3.21. The Morgan fingerprint density at radius 2 is 0.939 bits per heavy atom. The normalized spacial score (nSPS) is 11.5. The molecule has 0 saturated carbocycles. The summed E-state index contributed by atoms with van der Waals surface area (Å²) in [6.07, 6.45) is 37.0. The molecule has 0 saturated heterocycles. The lowest BCUT2D eigenvalue weighted by molar-refractivity contribution is -0.704. The summed E-state index contributed by atoms with van der Waals surface area (Å²) in [4.78, 5) is 0. The third-order valence-electron chi connectivity index (χ3n) is 7.35. The average molecular weight is 462 g/mol. The Bertz CT molecular complexity index is 483. The number of hydrogen-bond donors (Lipinski definition) is 0. The highest BCUT2D eigenvalue weighted by molar-refractivity contribution is 4.84. The van der Waals surface area contributed by atoms with Crippen LogP contribution < -0.4 is 4.57 Å². The minimum Gasteiger partial charge on any atom is -0.234 e. The van der Waals surface area contributed by atoms with Gasteiger partial charge in [-0.05, 0) is 32.1 Å². The van der Waals surface area contributed by atoms with E-state index in [0.29, 0.717) is 0 Å². The van der Waals surface area contributed by atoms with Crippen molar-refractivity contribution in [3.8, 4) is 0 Å². The van der Waals surface area contributed by atoms with Crippen LogP contribution in [-0.4, -0.2) is 4.57 Å². The van der Waals surface area contributed by atoms with Gasteiger partial charge < -0.3 is 0 Å². The third kappa shape index (κ3) is 16.5. The van der Waals surface area contributed by atoms with Crippen LogP contribution in [0, 0.1) is 0 Å². The van der Waals surface area contributed by atoms with Gasteiger partial charge in [-0.1, -0.05) is 130 Å². The van der Waals surface area contributed by atoms with Crippen LogP contribution in [-0.2, 0) is 19.5 Å². The molecule has 1 aromatic heterocycles. The monoisotopic (exact) mass is 461 g/mol. The number of nitrogens with zero attached hydrogens (tertiary/aromatic N) is 2. The summed E-state index contributed by atoms with van der Waals surface area (Å²) in [5.41, 5.74) is 0. The maximum absolute atomic E-state index is 2.61. The molecule has 0 N–H and O–H groups in total. The topological polar surface area (TPSA) is 8.81 Å². The summed E-state index contributed by atoms with van der Waals surface area (Å²) in [5.74, 6) is 1.61. The van der Waals surface area contributed by atoms with Crippen molar-refractivity contribution in [1.29, 1.82) is 0 Å². The summed E-state index contributed by atoms with van der Waals surface area (Å²) < 4.78 is 5.21. The first kappa shape index (κ1) is 30.2. The van der Waals surface area contributed by atoms with Crippen LogP contribution in [0.2, 0.25) is 0 Å². The smallest absolute Gasteiger partial charge is 0.234 e. The molecule has 0 amide bonds. The molecule has 33 heavy (non-hydrogen) atoms. The Morgan fingerprint density at radius 3 is 1.45 bits per heavy atom. The maximum atomic E-state index is 2.61. The van der Waals surface area contributed by atoms with E-state index in [-0.39, 0.29) is 0 Å². The van der Waals surface area contributed by atoms with Gasteiger partial charge in [-0.15, -0.1) is 0 Å². The number of unbranched alkanes of at least 4 members (excludes halogenated alkanes) is 19. The van der Waals surface area contributed by atoms with E-state index in [1.165, 1.54) is 161 Å². The SMILES string of the molecule is CCCCCCCCCCc1n(CCCCCCCCC)cc[n+]1CCCCCCCCC. The van der Waals surface area contributed by atoms with Crippen LogP contribution in [0.3, 0.4) is 0 Å². The number of aryl methyl sites for hydroxylation is 2. The summed E-state index contributed by atoms with van der Waals surface area (Å²) in [6.45, 7) is 9.38. The Kier molecular flexibility index (Phi) is 21.1. The molecule has 0 fully saturated rings. The van der Waals surface area contributed by atoms with Crippen molar-refractivity contribution in [3.05, 3.63) is 18.2 Å². The van der Waals surface area contributed by atoms with Crippen LogP contribution in [0.25, 0.3) is 0 Å². The minimum atomic E-state index is 1.23. The molecule has 0 radical (unpaired) electrons. The highest BCUT2D eigenvalue weighted by Gasteiger charge is 2.16. The molecule has 1 rings (SSSR count). The van der Waals surface area contributed by atoms with Crippen molar-refractivity contribution in [1.82, 2.24) is 4.57 Å². The summed E-state index contributed by atoms with van der Waals surface area (Å²) in [7, 11) is 0. The molecule has 0 aromatic carbocycles. The first-order valence-electron chi connectivity index (χ1n) is 15.4. The highest BCUT2D eigenvalue weighted by Crippen LogP contribution is 2.13. The van der Waals surface area contributed by atoms with Gasteiger partial charge in [0.2, 0.25) is 0 Å². The fourth-order valence-electron chi connectivity index (χ4n) is 5.09. The molecule has 0 unspecified atom stereocenters. The standard InChI is InChI=1S/C31H61N2/c1-4-7-10-13-16-17-20-23-26-31-32(27-24-21-18-14-11-8-5-2)29-30-33(31)28-25-22-19-15-12-9-6-3/h29-30H,4-28H2,1-3H3/q+1. The van der Waals surface area contributed by atoms with E-state index in [9.17, 15) is 0 Å². The lowest BCUT2D eigenvalue weighted by atomic mass is 10.1. The molecule has 194 valence electrons. The highest BCUT2D eigenvalue weighted by atomic mass is 15.1. The van der Waals surface area contributed by atoms with Crippen LogP contribution in [0.5, 0.6) is 0 Å². The van der Waals surface area contributed by atoms with E-state index in [1.807, 2.05) is 0 Å². The van der Waals surface area contributed by atoms with Crippen LogP contribution >= 0.6 is 0 Å². The quantitative estimate of drug-likeness (QED) is 0.101. The molecular formula is C31H61N2+. The fourth-order valence-corrected chi connectivity index (χ4v) is 5.09. The molecular weight excluding hydrogens is 400 g/mol. The number of aromatic nitrogens is 2. The number of hydrogen-bond acceptors (Lipinski definition) is 0. The third-order valence-corrected chi connectivity index (χ3v) is 7.35. The molecule has 2 heteroatoms. The van der Waals surface area contributed by atoms with Gasteiger partial charge in [0.25, 0.3) is 5.82 Å². The van der Waals surface area contributed by atoms with Gasteiger partial charge in [0.05, 0.1) is 13.1 Å². The lowest BCUT2D eigenvalue weighted by Gasteiger charge is -2.07. The molecule has 0 aliphatic heterocycles. The zero-order valence-electron chi connectivity index (χ0n) is 23.2. The van der Waals surface area contributed by atoms with Gasteiger partial charge in [-0.3, -0.25) is 0 Å². The van der Waals surface area contributed by atoms with Gasteiger partial charge in [-0.25, -0.2) is 9.13 Å². The van der Waals surface area contributed by atoms with Gasteiger partial charge in [0.15, 0.2) is 0 Å². The Labute approximate surface area is 208 Å². The predicted octanol–water partition coefficient (Wildman–Crippen LogP) is 9.96. The van der Waals surface area contributed by atoms with Crippen molar-refractivity contribution in [3.63, 3.8) is 0 Å². The second kappa shape index (κ2) is 23.0. The second-order valence-electron chi connectivity index (χ2n) is 10.6. The molecule has 1 heterocycles. The Morgan fingerprint density at radius 1 is 0.515 bits per heavy atom. The van der Waals surface area contributed by atoms with E-state index in [1.54, 1.807) is 5.82 Å². The van der Waals surface area contributed by atoms with Crippen LogP contribution in [0.1, 0.15) is 168 Å². The van der Waals surface area contributed by atoms with Crippen LogP contribution in [0.15, 0.2) is 12.4 Å². The first-order valence-corrected chi connectivity index (χ1v) is 15.4. The van der Waals surface area contributed by atoms with Crippen molar-refractivity contribution in [2.75, 3.05) is 0 Å². The molecule has 1 aromatic rings. The van der Waals surface area contributed by atoms with Gasteiger partial charge in [0.1, 0.15) is 12.4 Å². The zero-order chi connectivity index (χ0) is 23.8. The fraction of sp³-hybridized carbons (Fsp3) is 0.903. The Balaban J connectivity index is 2.39. The van der Waals surface area contributed by atoms with E-state index >= 15 is 0 Å². The van der Waals surface area contributed by atoms with Crippen molar-refractivity contribution >= 4 is 0 Å². The summed E-state index contributed by atoms with van der Waals surface area (Å²) >= 11 is 0. The maximum Gasteiger partial charge on any atom is 0.256 e. The molecule has 0 spiro atoms. The van der Waals surface area contributed by atoms with E-state index < -0.39 is 0 Å². The molecule has 0 atom stereocenters. The Hall–Kier alpha value is -0.790. The van der Waals surface area contributed by atoms with Gasteiger partial charge in [-0.2, -0.15) is 0 Å². The van der Waals surface area contributed by atoms with E-state index in [0.717, 1.165) is 0 Å². The molecule has 2 nitrogen and oxygen atoms in total.